The largest absolute Gasteiger partial charge is 0.467 e. The highest BCUT2D eigenvalue weighted by molar-refractivity contribution is 5.90. The highest BCUT2D eigenvalue weighted by atomic mass is 16.8. The van der Waals surface area contributed by atoms with Crippen molar-refractivity contribution in [2.24, 2.45) is 50.2 Å². The van der Waals surface area contributed by atoms with Crippen molar-refractivity contribution in [3.8, 4) is 0 Å². The van der Waals surface area contributed by atoms with Crippen LogP contribution in [-0.2, 0) is 47.4 Å². The lowest BCUT2D eigenvalue weighted by atomic mass is 9.33. The van der Waals surface area contributed by atoms with E-state index in [1.807, 2.05) is 13.8 Å². The molecule has 5 aliphatic carbocycles. The van der Waals surface area contributed by atoms with Gasteiger partial charge in [-0.3, -0.25) is 0 Å². The van der Waals surface area contributed by atoms with Gasteiger partial charge in [0.25, 0.3) is 0 Å². The van der Waals surface area contributed by atoms with E-state index < -0.39 is 181 Å². The molecule has 3 aliphatic heterocycles. The number of methoxy groups -OCH3 is 1. The monoisotopic (exact) mass is 1180 g/mol. The van der Waals surface area contributed by atoms with Gasteiger partial charge < -0.3 is 93.7 Å². The van der Waals surface area contributed by atoms with Crippen LogP contribution in [-0.4, -0.2) is 206 Å². The zero-order chi connectivity index (χ0) is 60.8. The minimum absolute atomic E-state index is 0.0232. The van der Waals surface area contributed by atoms with E-state index in [1.54, 1.807) is 60.7 Å². The first-order valence-electron chi connectivity index (χ1n) is 29.5. The van der Waals surface area contributed by atoms with Crippen LogP contribution in [0.15, 0.2) is 72.3 Å². The van der Waals surface area contributed by atoms with Crippen molar-refractivity contribution < 1.29 is 108 Å². The molecule has 0 radical (unpaired) electrons. The van der Waals surface area contributed by atoms with Crippen LogP contribution in [0.3, 0.4) is 0 Å². The minimum Gasteiger partial charge on any atom is -0.467 e. The summed E-state index contributed by atoms with van der Waals surface area (Å²) in [5.74, 6) is -2.90. The van der Waals surface area contributed by atoms with Gasteiger partial charge in [-0.25, -0.2) is 14.4 Å². The molecular weight excluding hydrogens is 1100 g/mol. The maximum atomic E-state index is 14.3. The fourth-order valence-corrected chi connectivity index (χ4v) is 17.1. The van der Waals surface area contributed by atoms with Gasteiger partial charge in [0.05, 0.1) is 55.7 Å². The highest BCUT2D eigenvalue weighted by Crippen LogP contribution is 2.76. The summed E-state index contributed by atoms with van der Waals surface area (Å²) in [6.07, 6.45) is -23.2. The standard InChI is InChI=1S/C62H86O22/c1-57(2)25-33-32-19-20-37-59(5)23-22-39(79-56-48(82-55-44(71)42(69)41(68)35(27-63)78-55)46(45(72)47(81-56)53(75)76-8)80-54-43(70)40(67)34(65)28-77-54)58(3,4)36(59)21-24-60(37,6)61(32,7)26-38(66)62(33,29-64)50(84-52(74)31-17-13-10-14-18-31)49(57)83-51(73)30-15-11-9-12-16-30/h9-19,33-50,54-56,63-72H,20-29H2,1-8H3. The molecule has 7 fully saturated rings. The van der Waals surface area contributed by atoms with E-state index in [0.717, 1.165) is 12.7 Å². The van der Waals surface area contributed by atoms with Gasteiger partial charge in [0.15, 0.2) is 31.1 Å². The molecule has 0 amide bonds. The van der Waals surface area contributed by atoms with Crippen LogP contribution in [0.4, 0.5) is 0 Å². The summed E-state index contributed by atoms with van der Waals surface area (Å²) in [6.45, 7) is 13.1. The Morgan fingerprint density at radius 1 is 0.631 bits per heavy atom. The van der Waals surface area contributed by atoms with Crippen molar-refractivity contribution in [1.29, 1.82) is 0 Å². The zero-order valence-corrected chi connectivity index (χ0v) is 48.9. The van der Waals surface area contributed by atoms with Gasteiger partial charge in [0, 0.05) is 5.41 Å². The van der Waals surface area contributed by atoms with E-state index in [2.05, 4.69) is 40.7 Å². The highest BCUT2D eigenvalue weighted by Gasteiger charge is 2.74. The van der Waals surface area contributed by atoms with Crippen LogP contribution in [0.1, 0.15) is 114 Å². The fraction of sp³-hybridized carbons (Fsp3) is 0.726. The van der Waals surface area contributed by atoms with E-state index in [1.165, 1.54) is 0 Å². The number of ether oxygens (including phenoxy) is 9. The second-order valence-electron chi connectivity index (χ2n) is 27.0. The second kappa shape index (κ2) is 23.5. The van der Waals surface area contributed by atoms with Gasteiger partial charge in [-0.2, -0.15) is 0 Å². The molecule has 3 saturated heterocycles. The summed E-state index contributed by atoms with van der Waals surface area (Å²) >= 11 is 0. The summed E-state index contributed by atoms with van der Waals surface area (Å²) in [4.78, 5) is 41.8. The van der Waals surface area contributed by atoms with Crippen molar-refractivity contribution in [1.82, 2.24) is 0 Å². The first-order chi connectivity index (χ1) is 39.6. The molecule has 2 aromatic rings. The predicted molar refractivity (Wildman–Crippen MR) is 292 cm³/mol. The Kier molecular flexibility index (Phi) is 17.6. The van der Waals surface area contributed by atoms with Crippen LogP contribution in [0.25, 0.3) is 0 Å². The molecule has 22 nitrogen and oxygen atoms in total. The maximum Gasteiger partial charge on any atom is 0.338 e. The molecule has 2 aromatic carbocycles. The molecular formula is C62H86O22. The van der Waals surface area contributed by atoms with Crippen LogP contribution >= 0.6 is 0 Å². The number of aliphatic hydroxyl groups is 10. The Morgan fingerprint density at radius 3 is 1.85 bits per heavy atom. The summed E-state index contributed by atoms with van der Waals surface area (Å²) < 4.78 is 55.2. The van der Waals surface area contributed by atoms with Crippen molar-refractivity contribution in [2.45, 2.75) is 204 Å². The van der Waals surface area contributed by atoms with Crippen LogP contribution in [0, 0.1) is 50.2 Å². The third-order valence-corrected chi connectivity index (χ3v) is 21.9. The Morgan fingerprint density at radius 2 is 1.24 bits per heavy atom. The lowest BCUT2D eigenvalue weighted by Crippen LogP contribution is -2.72. The Hall–Kier alpha value is -4.05. The van der Waals surface area contributed by atoms with Crippen LogP contribution in [0.2, 0.25) is 0 Å². The number of benzene rings is 2. The average molecular weight is 1180 g/mol. The van der Waals surface area contributed by atoms with Crippen molar-refractivity contribution in [3.05, 3.63) is 83.4 Å². The Bertz CT molecular complexity index is 2710. The molecule has 466 valence electrons. The fourth-order valence-electron chi connectivity index (χ4n) is 17.1. The Labute approximate surface area is 488 Å². The lowest BCUT2D eigenvalue weighted by molar-refractivity contribution is -0.392. The van der Waals surface area contributed by atoms with Gasteiger partial charge in [-0.05, 0) is 109 Å². The molecule has 22 heteroatoms. The molecule has 10 N–H and O–H groups in total. The molecule has 8 aliphatic rings. The minimum atomic E-state index is -1.98. The topological polar surface area (TPSA) is 337 Å². The number of aliphatic hydroxyl groups excluding tert-OH is 10. The second-order valence-corrected chi connectivity index (χ2v) is 27.0. The average Bonchev–Trinajstić information content (AvgIpc) is 0.718. The number of carbonyl (C=O) groups excluding carboxylic acids is 3. The molecule has 4 saturated carbocycles. The van der Waals surface area contributed by atoms with E-state index in [0.29, 0.717) is 44.1 Å². The van der Waals surface area contributed by atoms with Crippen molar-refractivity contribution in [2.75, 3.05) is 26.9 Å². The zero-order valence-electron chi connectivity index (χ0n) is 48.9. The number of hydrogen-bond donors (Lipinski definition) is 10. The third kappa shape index (κ3) is 10.3. The van der Waals surface area contributed by atoms with Gasteiger partial charge in [0.2, 0.25) is 0 Å². The number of fused-ring (bicyclic) bond motifs is 7. The number of esters is 3. The van der Waals surface area contributed by atoms with Gasteiger partial charge in [-0.1, -0.05) is 96.5 Å². The van der Waals surface area contributed by atoms with E-state index in [4.69, 9.17) is 42.6 Å². The summed E-state index contributed by atoms with van der Waals surface area (Å²) in [7, 11) is 1.08. The summed E-state index contributed by atoms with van der Waals surface area (Å²) in [6, 6.07) is 17.0. The molecule has 25 atom stereocenters. The molecule has 25 unspecified atom stereocenters. The lowest BCUT2D eigenvalue weighted by Gasteiger charge is -2.72. The maximum absolute atomic E-state index is 14.3. The SMILES string of the molecule is COC(=O)C1OC(OC2CCC3(C)C(CCC4(C)C3CC=C3C5CC(C)(C)C(OC(=O)c6ccccc6)C(OC(=O)c6ccccc6)C5(CO)C(O)CC34C)C2(C)C)C(OC2OC(CO)C(O)C(O)C2O)C(OC2OCC(O)C(O)C2O)C1O. The molecule has 10 rings (SSSR count). The number of carbonyl (C=O) groups is 3. The van der Waals surface area contributed by atoms with E-state index >= 15 is 0 Å². The van der Waals surface area contributed by atoms with Crippen molar-refractivity contribution >= 4 is 17.9 Å². The van der Waals surface area contributed by atoms with Crippen molar-refractivity contribution in [3.63, 3.8) is 0 Å². The van der Waals surface area contributed by atoms with Gasteiger partial charge in [-0.15, -0.1) is 0 Å². The summed E-state index contributed by atoms with van der Waals surface area (Å²) in [5, 5.41) is 112. The predicted octanol–water partition coefficient (Wildman–Crippen LogP) is 2.08. The quantitative estimate of drug-likeness (QED) is 0.0594. The van der Waals surface area contributed by atoms with Crippen LogP contribution < -0.4 is 0 Å². The molecule has 84 heavy (non-hydrogen) atoms. The van der Waals surface area contributed by atoms with Crippen LogP contribution in [0.5, 0.6) is 0 Å². The number of hydrogen-bond acceptors (Lipinski definition) is 22. The number of rotatable bonds is 13. The molecule has 0 bridgehead atoms. The molecule has 0 aromatic heterocycles. The molecule has 0 spiro atoms. The number of allylic oxidation sites excluding steroid dienone is 2. The Balaban J connectivity index is 0.970. The normalized spacial score (nSPS) is 45.9. The third-order valence-electron chi connectivity index (χ3n) is 21.9. The summed E-state index contributed by atoms with van der Waals surface area (Å²) in [5.41, 5.74) is -2.91. The van der Waals surface area contributed by atoms with Gasteiger partial charge >= 0.3 is 17.9 Å². The van der Waals surface area contributed by atoms with E-state index in [9.17, 15) is 65.4 Å². The first-order valence-corrected chi connectivity index (χ1v) is 29.5. The molecule has 3 heterocycles. The van der Waals surface area contributed by atoms with Gasteiger partial charge in [0.1, 0.15) is 67.1 Å². The first kappa shape index (κ1) is 63.0. The smallest absolute Gasteiger partial charge is 0.338 e. The van der Waals surface area contributed by atoms with E-state index in [-0.39, 0.29) is 29.2 Å².